The van der Waals surface area contributed by atoms with Gasteiger partial charge < -0.3 is 9.47 Å². The molecule has 2 rings (SSSR count). The van der Waals surface area contributed by atoms with Gasteiger partial charge in [-0.15, -0.1) is 0 Å². The van der Waals surface area contributed by atoms with Gasteiger partial charge in [0.15, 0.2) is 0 Å². The van der Waals surface area contributed by atoms with E-state index in [2.05, 4.69) is 0 Å². The van der Waals surface area contributed by atoms with Crippen LogP contribution in [0, 0.1) is 5.41 Å². The van der Waals surface area contributed by atoms with Crippen LogP contribution in [0.3, 0.4) is 0 Å². The van der Waals surface area contributed by atoms with Crippen molar-refractivity contribution >= 4 is 5.90 Å². The molecular formula is C17H19NO2. The minimum Gasteiger partial charge on any atom is -0.491 e. The largest absolute Gasteiger partial charge is 0.491 e. The van der Waals surface area contributed by atoms with Gasteiger partial charge in [0.2, 0.25) is 5.90 Å². The molecule has 0 heterocycles. The molecule has 0 spiro atoms. The lowest BCUT2D eigenvalue weighted by Gasteiger charge is -2.10. The number of hydrogen-bond acceptors (Lipinski definition) is 3. The van der Waals surface area contributed by atoms with Crippen molar-refractivity contribution in [1.82, 2.24) is 0 Å². The molecule has 3 nitrogen and oxygen atoms in total. The topological polar surface area (TPSA) is 42.3 Å². The van der Waals surface area contributed by atoms with Crippen molar-refractivity contribution in [3.8, 4) is 16.9 Å². The number of nitrogens with one attached hydrogen (secondary N) is 1. The quantitative estimate of drug-likeness (QED) is 0.670. The molecule has 0 radical (unpaired) electrons. The fraction of sp³-hybridized carbons (Fsp3) is 0.235. The molecule has 2 aromatic carbocycles. The van der Waals surface area contributed by atoms with Crippen LogP contribution in [0.2, 0.25) is 0 Å². The van der Waals surface area contributed by atoms with Gasteiger partial charge >= 0.3 is 0 Å². The van der Waals surface area contributed by atoms with E-state index in [9.17, 15) is 0 Å². The molecule has 0 aliphatic carbocycles. The van der Waals surface area contributed by atoms with Crippen molar-refractivity contribution in [2.24, 2.45) is 0 Å². The van der Waals surface area contributed by atoms with Crippen molar-refractivity contribution in [1.29, 1.82) is 5.41 Å². The summed E-state index contributed by atoms with van der Waals surface area (Å²) in [5.74, 6) is 1.04. The second-order valence-corrected chi connectivity index (χ2v) is 4.81. The molecule has 1 N–H and O–H groups in total. The second-order valence-electron chi connectivity index (χ2n) is 4.81. The maximum Gasteiger partial charge on any atom is 0.212 e. The van der Waals surface area contributed by atoms with Crippen molar-refractivity contribution in [2.75, 3.05) is 7.11 Å². The van der Waals surface area contributed by atoms with E-state index in [0.717, 1.165) is 22.4 Å². The number of methoxy groups -OCH3 is 1. The van der Waals surface area contributed by atoms with E-state index in [1.54, 1.807) is 0 Å². The van der Waals surface area contributed by atoms with Crippen LogP contribution in [0.1, 0.15) is 19.4 Å². The molecule has 0 unspecified atom stereocenters. The Bertz CT molecular complexity index is 588. The normalized spacial score (nSPS) is 10.4. The summed E-state index contributed by atoms with van der Waals surface area (Å²) in [4.78, 5) is 0. The molecule has 0 aliphatic rings. The third-order valence-electron chi connectivity index (χ3n) is 2.89. The lowest BCUT2D eigenvalue weighted by atomic mass is 10.0. The van der Waals surface area contributed by atoms with Crippen molar-refractivity contribution in [2.45, 2.75) is 20.0 Å². The summed E-state index contributed by atoms with van der Waals surface area (Å²) in [5, 5.41) is 7.71. The highest BCUT2D eigenvalue weighted by Crippen LogP contribution is 2.24. The van der Waals surface area contributed by atoms with E-state index in [1.165, 1.54) is 7.11 Å². The van der Waals surface area contributed by atoms with E-state index in [4.69, 9.17) is 14.9 Å². The molecule has 0 atom stereocenters. The Morgan fingerprint density at radius 2 is 1.70 bits per heavy atom. The Morgan fingerprint density at radius 1 is 1.00 bits per heavy atom. The van der Waals surface area contributed by atoms with Crippen molar-refractivity contribution in [3.05, 3.63) is 54.1 Å². The number of benzene rings is 2. The Hall–Kier alpha value is -2.29. The summed E-state index contributed by atoms with van der Waals surface area (Å²) in [6, 6.07) is 15.7. The van der Waals surface area contributed by atoms with Crippen LogP contribution >= 0.6 is 0 Å². The van der Waals surface area contributed by atoms with Gasteiger partial charge in [-0.2, -0.15) is 0 Å². The zero-order valence-corrected chi connectivity index (χ0v) is 12.0. The average Bonchev–Trinajstić information content (AvgIpc) is 2.47. The highest BCUT2D eigenvalue weighted by Gasteiger charge is 2.04. The second kappa shape index (κ2) is 6.24. The molecular weight excluding hydrogens is 250 g/mol. The minimum atomic E-state index is 0.173. The molecule has 0 amide bonds. The first-order valence-electron chi connectivity index (χ1n) is 6.60. The summed E-state index contributed by atoms with van der Waals surface area (Å²) in [7, 11) is 1.51. The lowest BCUT2D eigenvalue weighted by Crippen LogP contribution is -2.05. The number of ether oxygens (including phenoxy) is 2. The zero-order chi connectivity index (χ0) is 14.5. The third-order valence-corrected chi connectivity index (χ3v) is 2.89. The van der Waals surface area contributed by atoms with Gasteiger partial charge in [0.25, 0.3) is 0 Å². The first-order chi connectivity index (χ1) is 9.60. The fourth-order valence-corrected chi connectivity index (χ4v) is 1.96. The van der Waals surface area contributed by atoms with Crippen LogP contribution in [-0.4, -0.2) is 19.1 Å². The van der Waals surface area contributed by atoms with Gasteiger partial charge in [-0.05, 0) is 49.2 Å². The summed E-state index contributed by atoms with van der Waals surface area (Å²) in [6.07, 6.45) is 0.173. The standard InChI is InChI=1S/C17H19NO2/c1-12(2)20-16-9-7-13(8-10-16)14-5-4-6-15(11-14)17(18)19-3/h4-12,18H,1-3H3. The Balaban J connectivity index is 2.25. The van der Waals surface area contributed by atoms with Crippen molar-refractivity contribution in [3.63, 3.8) is 0 Å². The molecule has 0 fully saturated rings. The molecule has 0 saturated carbocycles. The number of rotatable bonds is 4. The molecule has 0 aliphatic heterocycles. The van der Waals surface area contributed by atoms with Crippen LogP contribution in [0.15, 0.2) is 48.5 Å². The van der Waals surface area contributed by atoms with E-state index in [1.807, 2.05) is 62.4 Å². The highest BCUT2D eigenvalue weighted by atomic mass is 16.5. The fourth-order valence-electron chi connectivity index (χ4n) is 1.96. The molecule has 0 bridgehead atoms. The minimum absolute atomic E-state index is 0.173. The van der Waals surface area contributed by atoms with Gasteiger partial charge in [-0.1, -0.05) is 24.3 Å². The van der Waals surface area contributed by atoms with Crippen LogP contribution in [0.25, 0.3) is 11.1 Å². The van der Waals surface area contributed by atoms with Gasteiger partial charge in [0.1, 0.15) is 5.75 Å². The number of hydrogen-bond donors (Lipinski definition) is 1. The summed E-state index contributed by atoms with van der Waals surface area (Å²) < 4.78 is 10.6. The predicted molar refractivity (Wildman–Crippen MR) is 81.5 cm³/mol. The molecule has 0 aromatic heterocycles. The summed E-state index contributed by atoms with van der Waals surface area (Å²) in [5.41, 5.74) is 2.92. The highest BCUT2D eigenvalue weighted by molar-refractivity contribution is 5.92. The smallest absolute Gasteiger partial charge is 0.212 e. The molecule has 20 heavy (non-hydrogen) atoms. The monoisotopic (exact) mass is 269 g/mol. The van der Waals surface area contributed by atoms with Crippen LogP contribution in [-0.2, 0) is 4.74 Å². The first-order valence-corrected chi connectivity index (χ1v) is 6.60. The maximum absolute atomic E-state index is 7.71. The predicted octanol–water partition coefficient (Wildman–Crippen LogP) is 4.11. The Labute approximate surface area is 119 Å². The van der Waals surface area contributed by atoms with E-state index >= 15 is 0 Å². The van der Waals surface area contributed by atoms with Gasteiger partial charge in [0.05, 0.1) is 13.2 Å². The van der Waals surface area contributed by atoms with Crippen LogP contribution < -0.4 is 4.74 Å². The van der Waals surface area contributed by atoms with Crippen LogP contribution in [0.4, 0.5) is 0 Å². The average molecular weight is 269 g/mol. The first kappa shape index (κ1) is 14.1. The third kappa shape index (κ3) is 3.38. The Kier molecular flexibility index (Phi) is 4.41. The molecule has 0 saturated heterocycles. The summed E-state index contributed by atoms with van der Waals surface area (Å²) in [6.45, 7) is 4.02. The van der Waals surface area contributed by atoms with E-state index in [0.29, 0.717) is 0 Å². The van der Waals surface area contributed by atoms with E-state index in [-0.39, 0.29) is 12.0 Å². The maximum atomic E-state index is 7.71. The molecule has 2 aromatic rings. The zero-order valence-electron chi connectivity index (χ0n) is 12.0. The van der Waals surface area contributed by atoms with Crippen LogP contribution in [0.5, 0.6) is 5.75 Å². The van der Waals surface area contributed by atoms with Gasteiger partial charge in [-0.3, -0.25) is 5.41 Å². The van der Waals surface area contributed by atoms with Crippen molar-refractivity contribution < 1.29 is 9.47 Å². The van der Waals surface area contributed by atoms with E-state index < -0.39 is 0 Å². The molecule has 3 heteroatoms. The summed E-state index contributed by atoms with van der Waals surface area (Å²) >= 11 is 0. The van der Waals surface area contributed by atoms with Gasteiger partial charge in [0, 0.05) is 5.56 Å². The van der Waals surface area contributed by atoms with Gasteiger partial charge in [-0.25, -0.2) is 0 Å². The SMILES string of the molecule is COC(=N)c1cccc(-c2ccc(OC(C)C)cc2)c1. The lowest BCUT2D eigenvalue weighted by molar-refractivity contribution is 0.242. The Morgan fingerprint density at radius 3 is 2.30 bits per heavy atom. The molecule has 104 valence electrons.